The number of fused-ring (bicyclic) bond motifs is 1. The number of nitrogens with one attached hydrogen (secondary N) is 2. The lowest BCUT2D eigenvalue weighted by atomic mass is 9.95. The van der Waals surface area contributed by atoms with Crippen LogP contribution in [0.4, 0.5) is 4.39 Å². The molecule has 1 aliphatic carbocycles. The smallest absolute Gasteiger partial charge is 0.272 e. The summed E-state index contributed by atoms with van der Waals surface area (Å²) in [7, 11) is 1.57. The molecule has 3 amide bonds. The lowest BCUT2D eigenvalue weighted by molar-refractivity contribution is -0.132. The molecule has 34 heavy (non-hydrogen) atoms. The number of nitrogens with zero attached hydrogens (tertiary/aromatic N) is 3. The third-order valence-electron chi connectivity index (χ3n) is 7.03. The van der Waals surface area contributed by atoms with Crippen LogP contribution in [0, 0.1) is 5.82 Å². The molecule has 1 aromatic heterocycles. The van der Waals surface area contributed by atoms with Crippen LogP contribution in [0.2, 0.25) is 0 Å². The van der Waals surface area contributed by atoms with Gasteiger partial charge in [0.15, 0.2) is 5.69 Å². The van der Waals surface area contributed by atoms with Gasteiger partial charge >= 0.3 is 0 Å². The van der Waals surface area contributed by atoms with E-state index in [0.717, 1.165) is 31.2 Å². The molecule has 2 N–H and O–H groups in total. The summed E-state index contributed by atoms with van der Waals surface area (Å²) in [6.07, 6.45) is 7.72. The molecule has 2 heterocycles. The van der Waals surface area contributed by atoms with Crippen molar-refractivity contribution in [3.8, 4) is 0 Å². The Morgan fingerprint density at radius 2 is 1.76 bits per heavy atom. The van der Waals surface area contributed by atoms with Crippen LogP contribution in [-0.4, -0.2) is 51.0 Å². The minimum atomic E-state index is -1.19. The topological polar surface area (TPSA) is 96.3 Å². The molecule has 1 atom stereocenters. The fourth-order valence-corrected chi connectivity index (χ4v) is 4.67. The Morgan fingerprint density at radius 1 is 1.12 bits per heavy atom. The number of hydrogen-bond acceptors (Lipinski definition) is 4. The van der Waals surface area contributed by atoms with Gasteiger partial charge in [0.05, 0.1) is 6.54 Å². The van der Waals surface area contributed by atoms with Gasteiger partial charge in [0.1, 0.15) is 17.1 Å². The number of likely N-dealkylation sites (N-methyl/N-ethyl adjacent to an activating group) is 1. The van der Waals surface area contributed by atoms with E-state index in [1.54, 1.807) is 26.1 Å². The monoisotopic (exact) mass is 469 g/mol. The molecular formula is C25H32FN5O3. The van der Waals surface area contributed by atoms with Gasteiger partial charge in [-0.3, -0.25) is 19.1 Å². The van der Waals surface area contributed by atoms with Crippen LogP contribution in [0.3, 0.4) is 0 Å². The van der Waals surface area contributed by atoms with E-state index in [4.69, 9.17) is 0 Å². The lowest BCUT2D eigenvalue weighted by Crippen LogP contribution is -2.62. The molecule has 182 valence electrons. The zero-order chi connectivity index (χ0) is 24.3. The standard InChI is InChI=1S/C25H32FN5O3/c1-25(24(34)27-15-17-10-12-18(26)13-11-17)16-31-21(23(33)30(25)2)14-20(29-31)22(32)28-19-8-6-4-3-5-7-9-19/h10-14,19H,3-9,15-16H2,1-2H3,(H,27,34)(H,28,32). The first-order valence-electron chi connectivity index (χ1n) is 12.0. The van der Waals surface area contributed by atoms with Crippen molar-refractivity contribution in [1.29, 1.82) is 0 Å². The summed E-state index contributed by atoms with van der Waals surface area (Å²) >= 11 is 0. The second kappa shape index (κ2) is 9.95. The normalized spacial score (nSPS) is 21.4. The van der Waals surface area contributed by atoms with Crippen molar-refractivity contribution in [1.82, 2.24) is 25.3 Å². The number of hydrogen-bond donors (Lipinski definition) is 2. The number of benzene rings is 1. The average molecular weight is 470 g/mol. The molecule has 1 aliphatic heterocycles. The predicted molar refractivity (Wildman–Crippen MR) is 125 cm³/mol. The largest absolute Gasteiger partial charge is 0.350 e. The summed E-state index contributed by atoms with van der Waals surface area (Å²) < 4.78 is 14.6. The number of amides is 3. The number of halogens is 1. The van der Waals surface area contributed by atoms with Gasteiger partial charge in [-0.15, -0.1) is 0 Å². The first-order valence-corrected chi connectivity index (χ1v) is 12.0. The van der Waals surface area contributed by atoms with Crippen LogP contribution in [-0.2, 0) is 17.9 Å². The molecule has 9 heteroatoms. The van der Waals surface area contributed by atoms with Gasteiger partial charge in [0, 0.05) is 25.7 Å². The Balaban J connectivity index is 1.45. The van der Waals surface area contributed by atoms with Gasteiger partial charge in [-0.1, -0.05) is 44.2 Å². The molecular weight excluding hydrogens is 437 g/mol. The second-order valence-electron chi connectivity index (χ2n) is 9.54. The fraction of sp³-hybridized carbons (Fsp3) is 0.520. The zero-order valence-electron chi connectivity index (χ0n) is 19.8. The highest BCUT2D eigenvalue weighted by atomic mass is 19.1. The van der Waals surface area contributed by atoms with Crippen LogP contribution in [0.1, 0.15) is 78.4 Å². The molecule has 0 radical (unpaired) electrons. The first kappa shape index (κ1) is 23.9. The summed E-state index contributed by atoms with van der Waals surface area (Å²) in [4.78, 5) is 40.4. The molecule has 2 aromatic rings. The minimum Gasteiger partial charge on any atom is -0.350 e. The van der Waals surface area contributed by atoms with Crippen molar-refractivity contribution in [3.63, 3.8) is 0 Å². The van der Waals surface area contributed by atoms with Crippen LogP contribution < -0.4 is 10.6 Å². The molecule has 1 saturated carbocycles. The Kier molecular flexibility index (Phi) is 7.00. The van der Waals surface area contributed by atoms with E-state index in [0.29, 0.717) is 0 Å². The van der Waals surface area contributed by atoms with Crippen molar-refractivity contribution in [2.75, 3.05) is 7.05 Å². The van der Waals surface area contributed by atoms with Crippen molar-refractivity contribution in [2.45, 2.75) is 76.5 Å². The molecule has 0 bridgehead atoms. The summed E-state index contributed by atoms with van der Waals surface area (Å²) in [5.74, 6) is -1.36. The maximum absolute atomic E-state index is 13.1. The Bertz CT molecular complexity index is 1060. The van der Waals surface area contributed by atoms with Gasteiger partial charge in [-0.2, -0.15) is 5.10 Å². The van der Waals surface area contributed by atoms with Crippen molar-refractivity contribution >= 4 is 17.7 Å². The van der Waals surface area contributed by atoms with Crippen molar-refractivity contribution < 1.29 is 18.8 Å². The quantitative estimate of drug-likeness (QED) is 0.704. The molecule has 8 nitrogen and oxygen atoms in total. The first-order chi connectivity index (χ1) is 16.3. The van der Waals surface area contributed by atoms with E-state index < -0.39 is 5.54 Å². The summed E-state index contributed by atoms with van der Waals surface area (Å²) in [5, 5.41) is 10.3. The highest BCUT2D eigenvalue weighted by molar-refractivity contribution is 6.01. The van der Waals surface area contributed by atoms with Gasteiger partial charge < -0.3 is 15.5 Å². The van der Waals surface area contributed by atoms with Gasteiger partial charge in [0.2, 0.25) is 5.91 Å². The van der Waals surface area contributed by atoms with Gasteiger partial charge in [0.25, 0.3) is 11.8 Å². The van der Waals surface area contributed by atoms with Crippen LogP contribution in [0.5, 0.6) is 0 Å². The molecule has 0 saturated heterocycles. The average Bonchev–Trinajstić information content (AvgIpc) is 3.22. The second-order valence-corrected chi connectivity index (χ2v) is 9.54. The van der Waals surface area contributed by atoms with Crippen LogP contribution in [0.15, 0.2) is 30.3 Å². The van der Waals surface area contributed by atoms with Crippen LogP contribution in [0.25, 0.3) is 0 Å². The Morgan fingerprint density at radius 3 is 2.44 bits per heavy atom. The lowest BCUT2D eigenvalue weighted by Gasteiger charge is -2.40. The summed E-state index contributed by atoms with van der Waals surface area (Å²) in [6, 6.07) is 7.48. The molecule has 1 fully saturated rings. The molecule has 0 spiro atoms. The van der Waals surface area contributed by atoms with E-state index in [2.05, 4.69) is 15.7 Å². The molecule has 1 aromatic carbocycles. The number of carbonyl (C=O) groups is 3. The van der Waals surface area contributed by atoms with E-state index in [1.807, 2.05) is 0 Å². The predicted octanol–water partition coefficient (Wildman–Crippen LogP) is 3.03. The SMILES string of the molecule is CN1C(=O)c2cc(C(=O)NC3CCCCCCC3)nn2CC1(C)C(=O)NCc1ccc(F)cc1. The van der Waals surface area contributed by atoms with E-state index >= 15 is 0 Å². The van der Waals surface area contributed by atoms with E-state index in [-0.39, 0.29) is 54.1 Å². The van der Waals surface area contributed by atoms with Gasteiger partial charge in [-0.25, -0.2) is 4.39 Å². The highest BCUT2D eigenvalue weighted by Gasteiger charge is 2.46. The zero-order valence-corrected chi connectivity index (χ0v) is 19.8. The third kappa shape index (κ3) is 4.98. The van der Waals surface area contributed by atoms with E-state index in [9.17, 15) is 18.8 Å². The van der Waals surface area contributed by atoms with E-state index in [1.165, 1.54) is 47.0 Å². The Hall–Kier alpha value is -3.23. The minimum absolute atomic E-state index is 0.118. The Labute approximate surface area is 198 Å². The van der Waals surface area contributed by atoms with Gasteiger partial charge in [-0.05, 0) is 37.5 Å². The van der Waals surface area contributed by atoms with Crippen molar-refractivity contribution in [3.05, 3.63) is 53.1 Å². The van der Waals surface area contributed by atoms with Crippen molar-refractivity contribution in [2.24, 2.45) is 0 Å². The highest BCUT2D eigenvalue weighted by Crippen LogP contribution is 2.26. The maximum atomic E-state index is 13.1. The maximum Gasteiger partial charge on any atom is 0.272 e. The fourth-order valence-electron chi connectivity index (χ4n) is 4.67. The molecule has 4 rings (SSSR count). The summed E-state index contributed by atoms with van der Waals surface area (Å²) in [5.41, 5.74) is 0.0312. The number of aromatic nitrogens is 2. The third-order valence-corrected chi connectivity index (χ3v) is 7.03. The van der Waals surface area contributed by atoms with Crippen LogP contribution >= 0.6 is 0 Å². The molecule has 1 unspecified atom stereocenters. The number of rotatable bonds is 5. The molecule has 2 aliphatic rings. The summed E-state index contributed by atoms with van der Waals surface area (Å²) in [6.45, 7) is 2.00. The number of carbonyl (C=O) groups excluding carboxylic acids is 3.